The number of benzene rings is 1. The third-order valence-electron chi connectivity index (χ3n) is 2.11. The van der Waals surface area contributed by atoms with Crippen LogP contribution in [-0.4, -0.2) is 0 Å². The van der Waals surface area contributed by atoms with Crippen LogP contribution in [0.2, 0.25) is 0 Å². The highest BCUT2D eigenvalue weighted by atomic mass is 79.9. The predicted molar refractivity (Wildman–Crippen MR) is 65.4 cm³/mol. The minimum atomic E-state index is 0.459. The molecule has 0 fully saturated rings. The summed E-state index contributed by atoms with van der Waals surface area (Å²) < 4.78 is 1.15. The van der Waals surface area contributed by atoms with Crippen LogP contribution in [0.1, 0.15) is 29.8 Å². The number of rotatable bonds is 2. The molecule has 1 rings (SSSR count). The molecule has 0 aliphatic rings. The second-order valence-corrected chi connectivity index (χ2v) is 5.55. The Morgan fingerprint density at radius 2 is 1.85 bits per heavy atom. The van der Waals surface area contributed by atoms with Gasteiger partial charge < -0.3 is 0 Å². The number of aryl methyl sites for hydroxylation is 1. The van der Waals surface area contributed by atoms with Crippen molar-refractivity contribution < 1.29 is 0 Å². The summed E-state index contributed by atoms with van der Waals surface area (Å²) in [5.74, 6) is 0.625. The van der Waals surface area contributed by atoms with Crippen LogP contribution in [0.25, 0.3) is 0 Å². The van der Waals surface area contributed by atoms with Gasteiger partial charge in [0.05, 0.1) is 0 Å². The van der Waals surface area contributed by atoms with E-state index < -0.39 is 0 Å². The second-order valence-electron chi connectivity index (χ2n) is 3.65. The van der Waals surface area contributed by atoms with Gasteiger partial charge in [0.25, 0.3) is 0 Å². The summed E-state index contributed by atoms with van der Waals surface area (Å²) in [7, 11) is 0. The average molecular weight is 306 g/mol. The summed E-state index contributed by atoms with van der Waals surface area (Å²) >= 11 is 7.18. The first-order chi connectivity index (χ1) is 6.02. The Morgan fingerprint density at radius 3 is 2.31 bits per heavy atom. The van der Waals surface area contributed by atoms with Crippen molar-refractivity contribution in [3.05, 3.63) is 33.8 Å². The molecule has 0 bridgehead atoms. The van der Waals surface area contributed by atoms with Crippen LogP contribution in [0.3, 0.4) is 0 Å². The second kappa shape index (κ2) is 4.61. The van der Waals surface area contributed by atoms with Gasteiger partial charge in [-0.3, -0.25) is 0 Å². The van der Waals surface area contributed by atoms with Crippen LogP contribution in [0, 0.1) is 12.8 Å². The van der Waals surface area contributed by atoms with Gasteiger partial charge in [-0.2, -0.15) is 0 Å². The van der Waals surface area contributed by atoms with E-state index >= 15 is 0 Å². The Labute approximate surface area is 97.0 Å². The van der Waals surface area contributed by atoms with Gasteiger partial charge in [-0.1, -0.05) is 51.8 Å². The molecule has 13 heavy (non-hydrogen) atoms. The normalized spacial score (nSPS) is 13.4. The van der Waals surface area contributed by atoms with E-state index in [9.17, 15) is 0 Å². The van der Waals surface area contributed by atoms with E-state index in [-0.39, 0.29) is 0 Å². The zero-order valence-corrected chi connectivity index (χ0v) is 11.3. The van der Waals surface area contributed by atoms with E-state index in [1.54, 1.807) is 0 Å². The van der Waals surface area contributed by atoms with E-state index in [4.69, 9.17) is 0 Å². The number of halogens is 2. The fraction of sp³-hybridized carbons (Fsp3) is 0.455. The van der Waals surface area contributed by atoms with Crippen LogP contribution in [0.4, 0.5) is 0 Å². The molecule has 0 saturated carbocycles. The maximum absolute atomic E-state index is 3.71. The first-order valence-corrected chi connectivity index (χ1v) is 6.13. The lowest BCUT2D eigenvalue weighted by molar-refractivity contribution is 0.638. The van der Waals surface area contributed by atoms with E-state index in [1.807, 2.05) is 0 Å². The lowest BCUT2D eigenvalue weighted by Crippen LogP contribution is -2.00. The highest BCUT2D eigenvalue weighted by Gasteiger charge is 2.13. The monoisotopic (exact) mass is 304 g/mol. The fourth-order valence-corrected chi connectivity index (χ4v) is 2.30. The maximum Gasteiger partial charge on any atom is 0.0420 e. The van der Waals surface area contributed by atoms with E-state index in [1.165, 1.54) is 11.1 Å². The smallest absolute Gasteiger partial charge is 0.0420 e. The largest absolute Gasteiger partial charge is 0.0836 e. The van der Waals surface area contributed by atoms with Crippen molar-refractivity contribution in [3.63, 3.8) is 0 Å². The van der Waals surface area contributed by atoms with Gasteiger partial charge in [0.2, 0.25) is 0 Å². The Balaban J connectivity index is 3.01. The SMILES string of the molecule is Cc1cc(Br)ccc1C(Br)C(C)C. The Hall–Kier alpha value is 0.180. The Morgan fingerprint density at radius 1 is 1.23 bits per heavy atom. The molecule has 1 aromatic rings. The summed E-state index contributed by atoms with van der Waals surface area (Å²) in [6, 6.07) is 6.43. The summed E-state index contributed by atoms with van der Waals surface area (Å²) in [5.41, 5.74) is 2.73. The molecule has 0 saturated heterocycles. The molecule has 0 aliphatic carbocycles. The quantitative estimate of drug-likeness (QED) is 0.685. The number of hydrogen-bond acceptors (Lipinski definition) is 0. The van der Waals surface area contributed by atoms with Crippen molar-refractivity contribution in [1.29, 1.82) is 0 Å². The van der Waals surface area contributed by atoms with Crippen LogP contribution in [-0.2, 0) is 0 Å². The van der Waals surface area contributed by atoms with Gasteiger partial charge >= 0.3 is 0 Å². The molecule has 2 heteroatoms. The summed E-state index contributed by atoms with van der Waals surface area (Å²) in [4.78, 5) is 0.459. The first kappa shape index (κ1) is 11.3. The minimum absolute atomic E-state index is 0.459. The molecule has 0 aromatic heterocycles. The molecule has 0 heterocycles. The maximum atomic E-state index is 3.71. The Bertz CT molecular complexity index is 292. The molecule has 72 valence electrons. The van der Waals surface area contributed by atoms with Crippen molar-refractivity contribution in [3.8, 4) is 0 Å². The van der Waals surface area contributed by atoms with Crippen LogP contribution in [0.15, 0.2) is 22.7 Å². The van der Waals surface area contributed by atoms with Crippen molar-refractivity contribution in [2.24, 2.45) is 5.92 Å². The molecule has 1 unspecified atom stereocenters. The van der Waals surface area contributed by atoms with E-state index in [0.717, 1.165) is 4.47 Å². The van der Waals surface area contributed by atoms with Crippen molar-refractivity contribution in [2.45, 2.75) is 25.6 Å². The van der Waals surface area contributed by atoms with Gasteiger partial charge in [-0.15, -0.1) is 0 Å². The lowest BCUT2D eigenvalue weighted by Gasteiger charge is -2.16. The molecule has 1 aromatic carbocycles. The third-order valence-corrected chi connectivity index (χ3v) is 4.16. The molecule has 0 amide bonds. The molecule has 0 spiro atoms. The van der Waals surface area contributed by atoms with E-state index in [2.05, 4.69) is 70.8 Å². The fourth-order valence-electron chi connectivity index (χ4n) is 1.31. The van der Waals surface area contributed by atoms with Crippen molar-refractivity contribution in [1.82, 2.24) is 0 Å². The van der Waals surface area contributed by atoms with Gasteiger partial charge in [-0.05, 0) is 36.1 Å². The summed E-state index contributed by atoms with van der Waals surface area (Å²) in [6.07, 6.45) is 0. The van der Waals surface area contributed by atoms with Crippen LogP contribution >= 0.6 is 31.9 Å². The standard InChI is InChI=1S/C11H14Br2/c1-7(2)11(13)10-5-4-9(12)6-8(10)3/h4-7,11H,1-3H3. The molecule has 0 aliphatic heterocycles. The van der Waals surface area contributed by atoms with E-state index in [0.29, 0.717) is 10.7 Å². The van der Waals surface area contributed by atoms with Gasteiger partial charge in [0.1, 0.15) is 0 Å². The molecule has 1 atom stereocenters. The third kappa shape index (κ3) is 2.81. The lowest BCUT2D eigenvalue weighted by atomic mass is 9.99. The summed E-state index contributed by atoms with van der Waals surface area (Å²) in [5, 5.41) is 0. The van der Waals surface area contributed by atoms with Crippen LogP contribution in [0.5, 0.6) is 0 Å². The van der Waals surface area contributed by atoms with Crippen molar-refractivity contribution >= 4 is 31.9 Å². The zero-order chi connectivity index (χ0) is 10.0. The number of alkyl halides is 1. The van der Waals surface area contributed by atoms with Gasteiger partial charge in [0, 0.05) is 9.30 Å². The molecular formula is C11H14Br2. The number of hydrogen-bond donors (Lipinski definition) is 0. The van der Waals surface area contributed by atoms with Gasteiger partial charge in [0.15, 0.2) is 0 Å². The highest BCUT2D eigenvalue weighted by Crippen LogP contribution is 2.33. The summed E-state index contributed by atoms with van der Waals surface area (Å²) in [6.45, 7) is 6.60. The topological polar surface area (TPSA) is 0 Å². The minimum Gasteiger partial charge on any atom is -0.0836 e. The van der Waals surface area contributed by atoms with Gasteiger partial charge in [-0.25, -0.2) is 0 Å². The van der Waals surface area contributed by atoms with Crippen LogP contribution < -0.4 is 0 Å². The Kier molecular flexibility index (Phi) is 3.99. The van der Waals surface area contributed by atoms with Crippen molar-refractivity contribution in [2.75, 3.05) is 0 Å². The average Bonchev–Trinajstić information content (AvgIpc) is 2.03. The predicted octanol–water partition coefficient (Wildman–Crippen LogP) is 4.85. The molecular weight excluding hydrogens is 292 g/mol. The first-order valence-electron chi connectivity index (χ1n) is 4.42. The molecule has 0 radical (unpaired) electrons. The highest BCUT2D eigenvalue weighted by molar-refractivity contribution is 9.10. The molecule has 0 nitrogen and oxygen atoms in total. The molecule has 0 N–H and O–H groups in total. The zero-order valence-electron chi connectivity index (χ0n) is 8.14.